The summed E-state index contributed by atoms with van der Waals surface area (Å²) in [6.07, 6.45) is 1.02. The van der Waals surface area contributed by atoms with Crippen LogP contribution >= 0.6 is 0 Å². The van der Waals surface area contributed by atoms with E-state index in [4.69, 9.17) is 4.74 Å². The first-order valence-electron chi connectivity index (χ1n) is 6.05. The predicted molar refractivity (Wildman–Crippen MR) is 63.8 cm³/mol. The Morgan fingerprint density at radius 3 is 2.82 bits per heavy atom. The molecule has 0 aliphatic carbocycles. The predicted octanol–water partition coefficient (Wildman–Crippen LogP) is 0.631. The molecule has 1 unspecified atom stereocenters. The van der Waals surface area contributed by atoms with Gasteiger partial charge in [0.1, 0.15) is 0 Å². The van der Waals surface area contributed by atoms with Gasteiger partial charge in [-0.3, -0.25) is 9.69 Å². The van der Waals surface area contributed by atoms with E-state index in [1.807, 2.05) is 24.3 Å². The Morgan fingerprint density at radius 1 is 1.24 bits per heavy atom. The Morgan fingerprint density at radius 2 is 2.00 bits per heavy atom. The van der Waals surface area contributed by atoms with E-state index < -0.39 is 0 Å². The van der Waals surface area contributed by atoms with E-state index >= 15 is 0 Å². The first kappa shape index (κ1) is 10.7. The van der Waals surface area contributed by atoms with Crippen LogP contribution in [-0.2, 0) is 11.2 Å². The number of carbonyl (C=O) groups is 1. The van der Waals surface area contributed by atoms with Crippen LogP contribution in [0.25, 0.3) is 0 Å². The molecule has 0 saturated carbocycles. The molecule has 0 aromatic heterocycles. The molecular formula is C13H16N2O2. The average Bonchev–Trinajstić information content (AvgIpc) is 2.40. The van der Waals surface area contributed by atoms with Crippen LogP contribution in [0, 0.1) is 0 Å². The molecule has 2 heterocycles. The summed E-state index contributed by atoms with van der Waals surface area (Å²) >= 11 is 0. The maximum Gasteiger partial charge on any atom is 0.252 e. The van der Waals surface area contributed by atoms with Gasteiger partial charge >= 0.3 is 0 Å². The fraction of sp³-hybridized carbons (Fsp3) is 0.462. The number of fused-ring (bicyclic) bond motifs is 1. The summed E-state index contributed by atoms with van der Waals surface area (Å²) in [4.78, 5) is 14.3. The maximum atomic E-state index is 12.0. The molecule has 0 spiro atoms. The number of morpholine rings is 1. The largest absolute Gasteiger partial charge is 0.379 e. The Hall–Kier alpha value is -1.39. The molecule has 4 heteroatoms. The molecule has 1 aromatic rings. The van der Waals surface area contributed by atoms with Gasteiger partial charge in [-0.2, -0.15) is 0 Å². The zero-order valence-corrected chi connectivity index (χ0v) is 9.69. The fourth-order valence-electron chi connectivity index (χ4n) is 2.52. The van der Waals surface area contributed by atoms with E-state index in [1.165, 1.54) is 0 Å². The molecule has 2 aliphatic rings. The van der Waals surface area contributed by atoms with Crippen molar-refractivity contribution in [1.82, 2.24) is 10.2 Å². The molecule has 1 fully saturated rings. The van der Waals surface area contributed by atoms with Crippen molar-refractivity contribution in [3.63, 3.8) is 0 Å². The molecule has 1 aromatic carbocycles. The number of nitrogens with one attached hydrogen (secondary N) is 1. The highest BCUT2D eigenvalue weighted by Gasteiger charge is 2.28. The van der Waals surface area contributed by atoms with Gasteiger partial charge in [0, 0.05) is 25.1 Å². The van der Waals surface area contributed by atoms with Crippen LogP contribution in [0.1, 0.15) is 15.9 Å². The summed E-state index contributed by atoms with van der Waals surface area (Å²) in [7, 11) is 0. The SMILES string of the molecule is O=C1NC(N2CCOCC2)Cc2ccccc21. The van der Waals surface area contributed by atoms with E-state index in [2.05, 4.69) is 10.2 Å². The molecule has 17 heavy (non-hydrogen) atoms. The molecular weight excluding hydrogens is 216 g/mol. The molecule has 1 N–H and O–H groups in total. The van der Waals surface area contributed by atoms with E-state index in [-0.39, 0.29) is 12.1 Å². The van der Waals surface area contributed by atoms with Crippen molar-refractivity contribution in [2.24, 2.45) is 0 Å². The van der Waals surface area contributed by atoms with Crippen LogP contribution in [-0.4, -0.2) is 43.3 Å². The highest BCUT2D eigenvalue weighted by atomic mass is 16.5. The van der Waals surface area contributed by atoms with Gasteiger partial charge in [-0.15, -0.1) is 0 Å². The van der Waals surface area contributed by atoms with Crippen LogP contribution in [0.4, 0.5) is 0 Å². The Balaban J connectivity index is 1.80. The monoisotopic (exact) mass is 232 g/mol. The van der Waals surface area contributed by atoms with Gasteiger partial charge in [0.2, 0.25) is 0 Å². The topological polar surface area (TPSA) is 41.6 Å². The Labute approximate surface area is 101 Å². The van der Waals surface area contributed by atoms with Crippen LogP contribution in [0.3, 0.4) is 0 Å². The summed E-state index contributed by atoms with van der Waals surface area (Å²) in [5.74, 6) is 0.0448. The van der Waals surface area contributed by atoms with Gasteiger partial charge in [-0.05, 0) is 11.6 Å². The van der Waals surface area contributed by atoms with Crippen LogP contribution in [0.2, 0.25) is 0 Å². The number of rotatable bonds is 1. The van der Waals surface area contributed by atoms with Crippen molar-refractivity contribution in [2.45, 2.75) is 12.6 Å². The van der Waals surface area contributed by atoms with Crippen LogP contribution in [0.15, 0.2) is 24.3 Å². The summed E-state index contributed by atoms with van der Waals surface area (Å²) in [5, 5.41) is 3.07. The minimum absolute atomic E-state index is 0.0448. The summed E-state index contributed by atoms with van der Waals surface area (Å²) in [6.45, 7) is 3.31. The molecule has 2 aliphatic heterocycles. The van der Waals surface area contributed by atoms with Crippen molar-refractivity contribution in [2.75, 3.05) is 26.3 Å². The molecule has 1 amide bonds. The first-order valence-corrected chi connectivity index (χ1v) is 6.05. The highest BCUT2D eigenvalue weighted by Crippen LogP contribution is 2.18. The molecule has 4 nitrogen and oxygen atoms in total. The van der Waals surface area contributed by atoms with Crippen molar-refractivity contribution in [3.8, 4) is 0 Å². The molecule has 1 saturated heterocycles. The summed E-state index contributed by atoms with van der Waals surface area (Å²) in [6, 6.07) is 7.84. The standard InChI is InChI=1S/C13H16N2O2/c16-13-11-4-2-1-3-10(11)9-12(14-13)15-5-7-17-8-6-15/h1-4,12H,5-9H2,(H,14,16). The van der Waals surface area contributed by atoms with Gasteiger partial charge in [-0.25, -0.2) is 0 Å². The number of ether oxygens (including phenoxy) is 1. The lowest BCUT2D eigenvalue weighted by atomic mass is 9.98. The number of hydrogen-bond acceptors (Lipinski definition) is 3. The van der Waals surface area contributed by atoms with E-state index in [0.29, 0.717) is 0 Å². The normalized spacial score (nSPS) is 25.2. The third-order valence-corrected chi connectivity index (χ3v) is 3.46. The number of hydrogen-bond donors (Lipinski definition) is 1. The second kappa shape index (κ2) is 4.47. The zero-order chi connectivity index (χ0) is 11.7. The molecule has 1 atom stereocenters. The molecule has 3 rings (SSSR count). The fourth-order valence-corrected chi connectivity index (χ4v) is 2.52. The van der Waals surface area contributed by atoms with E-state index in [9.17, 15) is 4.79 Å². The third-order valence-electron chi connectivity index (χ3n) is 3.46. The maximum absolute atomic E-state index is 12.0. The summed E-state index contributed by atoms with van der Waals surface area (Å²) in [5.41, 5.74) is 1.96. The van der Waals surface area contributed by atoms with Crippen molar-refractivity contribution in [3.05, 3.63) is 35.4 Å². The lowest BCUT2D eigenvalue weighted by Crippen LogP contribution is -2.55. The quantitative estimate of drug-likeness (QED) is 0.772. The zero-order valence-electron chi connectivity index (χ0n) is 9.69. The Kier molecular flexibility index (Phi) is 2.82. The number of amides is 1. The minimum Gasteiger partial charge on any atom is -0.379 e. The number of nitrogens with zero attached hydrogens (tertiary/aromatic N) is 1. The smallest absolute Gasteiger partial charge is 0.252 e. The average molecular weight is 232 g/mol. The third kappa shape index (κ3) is 2.06. The highest BCUT2D eigenvalue weighted by molar-refractivity contribution is 5.96. The van der Waals surface area contributed by atoms with E-state index in [1.54, 1.807) is 0 Å². The minimum atomic E-state index is 0.0448. The molecule has 90 valence electrons. The second-order valence-electron chi connectivity index (χ2n) is 4.50. The van der Waals surface area contributed by atoms with Crippen LogP contribution in [0.5, 0.6) is 0 Å². The summed E-state index contributed by atoms with van der Waals surface area (Å²) < 4.78 is 5.33. The van der Waals surface area contributed by atoms with E-state index in [0.717, 1.165) is 43.9 Å². The van der Waals surface area contributed by atoms with Gasteiger partial charge in [0.15, 0.2) is 0 Å². The van der Waals surface area contributed by atoms with Gasteiger partial charge < -0.3 is 10.1 Å². The number of carbonyl (C=O) groups excluding carboxylic acids is 1. The second-order valence-corrected chi connectivity index (χ2v) is 4.50. The van der Waals surface area contributed by atoms with Crippen molar-refractivity contribution in [1.29, 1.82) is 0 Å². The Bertz CT molecular complexity index is 427. The van der Waals surface area contributed by atoms with Crippen molar-refractivity contribution < 1.29 is 9.53 Å². The van der Waals surface area contributed by atoms with Crippen LogP contribution < -0.4 is 5.32 Å². The first-order chi connectivity index (χ1) is 8.34. The lowest BCUT2D eigenvalue weighted by molar-refractivity contribution is 0.00788. The lowest BCUT2D eigenvalue weighted by Gasteiger charge is -2.37. The molecule has 0 bridgehead atoms. The van der Waals surface area contributed by atoms with Gasteiger partial charge in [0.25, 0.3) is 5.91 Å². The van der Waals surface area contributed by atoms with Gasteiger partial charge in [-0.1, -0.05) is 18.2 Å². The van der Waals surface area contributed by atoms with Crippen molar-refractivity contribution >= 4 is 5.91 Å². The van der Waals surface area contributed by atoms with Gasteiger partial charge in [0.05, 0.1) is 19.4 Å². The number of benzene rings is 1. The molecule has 0 radical (unpaired) electrons.